The van der Waals surface area contributed by atoms with E-state index in [9.17, 15) is 20.0 Å². The van der Waals surface area contributed by atoms with Gasteiger partial charge in [-0.05, 0) is 12.1 Å². The van der Waals surface area contributed by atoms with Crippen molar-refractivity contribution in [1.29, 1.82) is 0 Å². The van der Waals surface area contributed by atoms with Crippen LogP contribution >= 0.6 is 0 Å². The summed E-state index contributed by atoms with van der Waals surface area (Å²) in [5, 5.41) is 30.8. The number of hydrogen-bond acceptors (Lipinski definition) is 6. The molecule has 0 fully saturated rings. The van der Waals surface area contributed by atoms with Gasteiger partial charge in [0, 0.05) is 23.3 Å². The van der Waals surface area contributed by atoms with Crippen molar-refractivity contribution in [2.75, 3.05) is 0 Å². The molecule has 26 heavy (non-hydrogen) atoms. The molecule has 1 heterocycles. The van der Waals surface area contributed by atoms with Crippen molar-refractivity contribution in [3.05, 3.63) is 76.0 Å². The van der Waals surface area contributed by atoms with Crippen LogP contribution in [0.2, 0.25) is 0 Å². The van der Waals surface area contributed by atoms with Crippen LogP contribution in [0.4, 0.5) is 5.69 Å². The van der Waals surface area contributed by atoms with Gasteiger partial charge in [-0.3, -0.25) is 20.0 Å². The van der Waals surface area contributed by atoms with E-state index in [0.29, 0.717) is 5.69 Å². The first-order chi connectivity index (χ1) is 12.5. The highest BCUT2D eigenvalue weighted by Crippen LogP contribution is 2.21. The van der Waals surface area contributed by atoms with E-state index in [1.165, 1.54) is 12.1 Å². The maximum Gasteiger partial charge on any atom is 0.289 e. The van der Waals surface area contributed by atoms with Crippen molar-refractivity contribution in [2.24, 2.45) is 5.10 Å². The number of phenolic OH excluding ortho intramolecular Hbond substituents is 1. The first-order valence-corrected chi connectivity index (χ1v) is 7.46. The summed E-state index contributed by atoms with van der Waals surface area (Å²) in [6, 6.07) is 14.4. The molecule has 3 rings (SSSR count). The number of hydrogen-bond donors (Lipinski definition) is 3. The highest BCUT2D eigenvalue weighted by Gasteiger charge is 2.11. The molecule has 0 bridgehead atoms. The van der Waals surface area contributed by atoms with Gasteiger partial charge in [0.15, 0.2) is 0 Å². The lowest BCUT2D eigenvalue weighted by molar-refractivity contribution is -0.384. The molecule has 0 aliphatic rings. The van der Waals surface area contributed by atoms with Gasteiger partial charge in [0.1, 0.15) is 11.4 Å². The molecule has 0 unspecified atom stereocenters. The largest absolute Gasteiger partial charge is 0.507 e. The predicted octanol–water partition coefficient (Wildman–Crippen LogP) is 2.45. The molecule has 0 saturated heterocycles. The monoisotopic (exact) mass is 351 g/mol. The van der Waals surface area contributed by atoms with Gasteiger partial charge in [-0.15, -0.1) is 0 Å². The Labute approximate surface area is 147 Å². The fourth-order valence-corrected chi connectivity index (χ4v) is 2.17. The van der Waals surface area contributed by atoms with Crippen LogP contribution in [-0.2, 0) is 0 Å². The molecule has 0 saturated carbocycles. The number of aromatic hydroxyl groups is 1. The lowest BCUT2D eigenvalue weighted by Gasteiger charge is -1.99. The summed E-state index contributed by atoms with van der Waals surface area (Å²) in [5.41, 5.74) is 3.83. The standard InChI is InChI=1S/C17H13N5O4/c23-16-7-6-13(22(25)26)8-12(16)10-18-21-17(24)15-9-14(19-20-15)11-4-2-1-3-5-11/h1-10,23H,(H,19,20)(H,21,24). The van der Waals surface area contributed by atoms with Crippen molar-refractivity contribution in [3.63, 3.8) is 0 Å². The molecule has 3 aromatic rings. The van der Waals surface area contributed by atoms with Crippen LogP contribution in [0.15, 0.2) is 59.7 Å². The number of aromatic nitrogens is 2. The summed E-state index contributed by atoms with van der Waals surface area (Å²) >= 11 is 0. The van der Waals surface area contributed by atoms with Crippen LogP contribution in [0.1, 0.15) is 16.1 Å². The second-order valence-corrected chi connectivity index (χ2v) is 5.23. The number of phenols is 1. The Kier molecular flexibility index (Phi) is 4.70. The van der Waals surface area contributed by atoms with Gasteiger partial charge in [-0.2, -0.15) is 10.2 Å². The normalized spacial score (nSPS) is 10.8. The van der Waals surface area contributed by atoms with E-state index in [1.54, 1.807) is 6.07 Å². The lowest BCUT2D eigenvalue weighted by atomic mass is 10.1. The minimum atomic E-state index is -0.592. The van der Waals surface area contributed by atoms with Gasteiger partial charge < -0.3 is 5.11 Å². The molecule has 1 amide bonds. The number of aromatic amines is 1. The maximum atomic E-state index is 12.1. The second kappa shape index (κ2) is 7.26. The lowest BCUT2D eigenvalue weighted by Crippen LogP contribution is -2.18. The molecule has 0 atom stereocenters. The van der Waals surface area contributed by atoms with Crippen LogP contribution in [-0.4, -0.2) is 32.3 Å². The van der Waals surface area contributed by atoms with Crippen molar-refractivity contribution in [3.8, 4) is 17.0 Å². The van der Waals surface area contributed by atoms with E-state index in [1.807, 2.05) is 30.3 Å². The van der Waals surface area contributed by atoms with E-state index < -0.39 is 10.8 Å². The smallest absolute Gasteiger partial charge is 0.289 e. The zero-order valence-corrected chi connectivity index (χ0v) is 13.3. The minimum Gasteiger partial charge on any atom is -0.507 e. The summed E-state index contributed by atoms with van der Waals surface area (Å²) < 4.78 is 0. The maximum absolute atomic E-state index is 12.1. The number of amides is 1. The number of benzene rings is 2. The summed E-state index contributed by atoms with van der Waals surface area (Å²) in [4.78, 5) is 22.2. The Hall–Kier alpha value is -4.01. The van der Waals surface area contributed by atoms with Crippen molar-refractivity contribution in [2.45, 2.75) is 0 Å². The van der Waals surface area contributed by atoms with E-state index in [0.717, 1.165) is 17.8 Å². The third-order valence-corrected chi connectivity index (χ3v) is 3.48. The highest BCUT2D eigenvalue weighted by molar-refractivity contribution is 5.94. The third-order valence-electron chi connectivity index (χ3n) is 3.48. The Balaban J connectivity index is 1.70. The molecule has 0 aliphatic carbocycles. The molecule has 2 aromatic carbocycles. The predicted molar refractivity (Wildman–Crippen MR) is 93.8 cm³/mol. The van der Waals surface area contributed by atoms with Gasteiger partial charge in [0.25, 0.3) is 11.6 Å². The van der Waals surface area contributed by atoms with E-state index in [2.05, 4.69) is 20.7 Å². The Morgan fingerprint density at radius 3 is 2.73 bits per heavy atom. The minimum absolute atomic E-state index is 0.106. The Bertz CT molecular complexity index is 982. The van der Waals surface area contributed by atoms with Gasteiger partial charge in [0.05, 0.1) is 16.8 Å². The molecular weight excluding hydrogens is 338 g/mol. The first-order valence-electron chi connectivity index (χ1n) is 7.46. The number of nitrogens with zero attached hydrogens (tertiary/aromatic N) is 3. The van der Waals surface area contributed by atoms with E-state index in [4.69, 9.17) is 0 Å². The fourth-order valence-electron chi connectivity index (χ4n) is 2.17. The third kappa shape index (κ3) is 3.73. The molecule has 130 valence electrons. The molecule has 9 heteroatoms. The fraction of sp³-hybridized carbons (Fsp3) is 0. The van der Waals surface area contributed by atoms with Crippen LogP contribution in [0.3, 0.4) is 0 Å². The quantitative estimate of drug-likeness (QED) is 0.369. The number of nitrogens with one attached hydrogen (secondary N) is 2. The average Bonchev–Trinajstić information content (AvgIpc) is 3.14. The Morgan fingerprint density at radius 2 is 2.00 bits per heavy atom. The van der Waals surface area contributed by atoms with E-state index in [-0.39, 0.29) is 22.7 Å². The van der Waals surface area contributed by atoms with Gasteiger partial charge in [0.2, 0.25) is 0 Å². The molecule has 3 N–H and O–H groups in total. The second-order valence-electron chi connectivity index (χ2n) is 5.23. The molecule has 0 spiro atoms. The molecule has 0 radical (unpaired) electrons. The van der Waals surface area contributed by atoms with Gasteiger partial charge >= 0.3 is 0 Å². The number of nitro groups is 1. The van der Waals surface area contributed by atoms with Crippen molar-refractivity contribution < 1.29 is 14.8 Å². The summed E-state index contributed by atoms with van der Waals surface area (Å²) in [5.74, 6) is -0.734. The number of non-ortho nitro benzene ring substituents is 1. The van der Waals surface area contributed by atoms with Crippen molar-refractivity contribution in [1.82, 2.24) is 15.6 Å². The van der Waals surface area contributed by atoms with Crippen LogP contribution in [0.25, 0.3) is 11.3 Å². The van der Waals surface area contributed by atoms with Crippen molar-refractivity contribution >= 4 is 17.8 Å². The Morgan fingerprint density at radius 1 is 1.23 bits per heavy atom. The topological polar surface area (TPSA) is 134 Å². The summed E-state index contributed by atoms with van der Waals surface area (Å²) in [7, 11) is 0. The molecule has 0 aliphatic heterocycles. The van der Waals surface area contributed by atoms with Gasteiger partial charge in [-0.1, -0.05) is 30.3 Å². The summed E-state index contributed by atoms with van der Waals surface area (Å²) in [6.07, 6.45) is 1.12. The number of nitro benzene ring substituents is 1. The van der Waals surface area contributed by atoms with Crippen LogP contribution in [0, 0.1) is 10.1 Å². The number of rotatable bonds is 5. The average molecular weight is 351 g/mol. The number of carbonyl (C=O) groups excluding carboxylic acids is 1. The highest BCUT2D eigenvalue weighted by atomic mass is 16.6. The molecular formula is C17H13N5O4. The molecule has 1 aromatic heterocycles. The van der Waals surface area contributed by atoms with Crippen LogP contribution < -0.4 is 5.43 Å². The van der Waals surface area contributed by atoms with E-state index >= 15 is 0 Å². The first kappa shape index (κ1) is 16.8. The number of carbonyl (C=O) groups is 1. The molecule has 9 nitrogen and oxygen atoms in total. The van der Waals surface area contributed by atoms with Crippen LogP contribution in [0.5, 0.6) is 5.75 Å². The summed E-state index contributed by atoms with van der Waals surface area (Å²) in [6.45, 7) is 0. The zero-order valence-electron chi connectivity index (χ0n) is 13.3. The SMILES string of the molecule is O=C(NN=Cc1cc([N+](=O)[O-])ccc1O)c1cc(-c2ccccc2)n[nH]1. The zero-order chi connectivity index (χ0) is 18.5. The van der Waals surface area contributed by atoms with Gasteiger partial charge in [-0.25, -0.2) is 5.43 Å². The number of hydrazone groups is 1. The number of H-pyrrole nitrogens is 1.